The van der Waals surface area contributed by atoms with E-state index in [1.165, 1.54) is 14.2 Å². The van der Waals surface area contributed by atoms with E-state index < -0.39 is 11.9 Å². The van der Waals surface area contributed by atoms with Gasteiger partial charge in [-0.1, -0.05) is 36.4 Å². The number of carbonyl (C=O) groups excluding carboxylic acids is 2. The topological polar surface area (TPSA) is 122 Å². The van der Waals surface area contributed by atoms with Crippen LogP contribution in [0.15, 0.2) is 48.5 Å². The van der Waals surface area contributed by atoms with Crippen molar-refractivity contribution >= 4 is 17.8 Å². The zero-order valence-corrected chi connectivity index (χ0v) is 19.3. The Morgan fingerprint density at radius 3 is 2.36 bits per heavy atom. The minimum absolute atomic E-state index is 0.0387. The molecule has 0 unspecified atom stereocenters. The molecule has 2 aromatic carbocycles. The van der Waals surface area contributed by atoms with Gasteiger partial charge in [-0.2, -0.15) is 0 Å². The molecule has 33 heavy (non-hydrogen) atoms. The molecule has 0 heterocycles. The average Bonchev–Trinajstić information content (AvgIpc) is 2.81. The lowest BCUT2D eigenvalue weighted by atomic mass is 10.1. The number of hydrogen-bond donors (Lipinski definition) is 4. The van der Waals surface area contributed by atoms with E-state index in [0.29, 0.717) is 43.1 Å². The van der Waals surface area contributed by atoms with Gasteiger partial charge in [0, 0.05) is 26.7 Å². The third-order valence-corrected chi connectivity index (χ3v) is 4.82. The molecule has 0 saturated carbocycles. The van der Waals surface area contributed by atoms with Crippen LogP contribution in [-0.4, -0.2) is 58.3 Å². The van der Waals surface area contributed by atoms with Crippen molar-refractivity contribution in [3.8, 4) is 11.5 Å². The number of guanidine groups is 1. The molecule has 1 atom stereocenters. The number of amides is 2. The molecule has 0 radical (unpaired) electrons. The Morgan fingerprint density at radius 2 is 1.70 bits per heavy atom. The van der Waals surface area contributed by atoms with E-state index in [1.54, 1.807) is 25.3 Å². The number of carbonyl (C=O) groups is 2. The van der Waals surface area contributed by atoms with Crippen LogP contribution in [0.25, 0.3) is 0 Å². The van der Waals surface area contributed by atoms with Gasteiger partial charge in [0.2, 0.25) is 11.8 Å². The third-order valence-electron chi connectivity index (χ3n) is 4.82. The number of rotatable bonds is 12. The van der Waals surface area contributed by atoms with Crippen LogP contribution in [0.4, 0.5) is 0 Å². The highest BCUT2D eigenvalue weighted by atomic mass is 16.5. The molecule has 0 bridgehead atoms. The van der Waals surface area contributed by atoms with Crippen LogP contribution in [0.1, 0.15) is 17.5 Å². The maximum Gasteiger partial charge on any atom is 0.242 e. The van der Waals surface area contributed by atoms with Gasteiger partial charge in [-0.25, -0.2) is 0 Å². The first-order chi connectivity index (χ1) is 16.0. The molecule has 0 aliphatic carbocycles. The predicted octanol–water partition coefficient (Wildman–Crippen LogP) is 1.65. The minimum atomic E-state index is -0.719. The Balaban J connectivity index is 1.97. The first-order valence-electron chi connectivity index (χ1n) is 10.6. The molecule has 0 aromatic heterocycles. The molecule has 4 N–H and O–H groups in total. The monoisotopic (exact) mass is 456 g/mol. The van der Waals surface area contributed by atoms with Gasteiger partial charge in [0.15, 0.2) is 17.5 Å². The molecule has 2 rings (SSSR count). The Hall–Kier alpha value is -3.59. The van der Waals surface area contributed by atoms with Gasteiger partial charge in [0.25, 0.3) is 0 Å². The fourth-order valence-corrected chi connectivity index (χ4v) is 3.18. The summed E-state index contributed by atoms with van der Waals surface area (Å²) in [4.78, 5) is 25.2. The van der Waals surface area contributed by atoms with Gasteiger partial charge >= 0.3 is 0 Å². The van der Waals surface area contributed by atoms with Gasteiger partial charge in [0.05, 0.1) is 20.6 Å². The maximum atomic E-state index is 12.7. The average molecular weight is 457 g/mol. The highest BCUT2D eigenvalue weighted by Gasteiger charge is 2.20. The number of ether oxygens (including phenoxy) is 3. The lowest BCUT2D eigenvalue weighted by Gasteiger charge is -2.20. The largest absolute Gasteiger partial charge is 0.493 e. The molecule has 0 saturated heterocycles. The van der Waals surface area contributed by atoms with E-state index in [1.807, 2.05) is 30.3 Å². The zero-order chi connectivity index (χ0) is 24.1. The Kier molecular flexibility index (Phi) is 10.7. The molecular formula is C24H32N4O5. The van der Waals surface area contributed by atoms with Crippen molar-refractivity contribution in [2.45, 2.75) is 25.3 Å². The highest BCUT2D eigenvalue weighted by Crippen LogP contribution is 2.27. The summed E-state index contributed by atoms with van der Waals surface area (Å²) in [6.07, 6.45) is 1.08. The molecule has 0 spiro atoms. The van der Waals surface area contributed by atoms with Crippen LogP contribution in [0.2, 0.25) is 0 Å². The van der Waals surface area contributed by atoms with Crippen LogP contribution in [0.5, 0.6) is 11.5 Å². The molecular weight excluding hydrogens is 424 g/mol. The number of benzene rings is 2. The summed E-state index contributed by atoms with van der Waals surface area (Å²) in [7, 11) is 4.67. The Morgan fingerprint density at radius 1 is 0.970 bits per heavy atom. The van der Waals surface area contributed by atoms with Gasteiger partial charge in [0.1, 0.15) is 6.04 Å². The summed E-state index contributed by atoms with van der Waals surface area (Å²) in [6, 6.07) is 14.0. The van der Waals surface area contributed by atoms with Gasteiger partial charge in [-0.15, -0.1) is 0 Å². The summed E-state index contributed by atoms with van der Waals surface area (Å²) in [5, 5.41) is 16.3. The zero-order valence-electron chi connectivity index (χ0n) is 19.3. The molecule has 2 aromatic rings. The second-order valence-corrected chi connectivity index (χ2v) is 7.31. The van der Waals surface area contributed by atoms with Crippen molar-refractivity contribution < 1.29 is 23.8 Å². The fourth-order valence-electron chi connectivity index (χ4n) is 3.18. The Labute approximate surface area is 194 Å². The van der Waals surface area contributed by atoms with E-state index >= 15 is 0 Å². The summed E-state index contributed by atoms with van der Waals surface area (Å²) in [5.41, 5.74) is 1.64. The second-order valence-electron chi connectivity index (χ2n) is 7.31. The first-order valence-corrected chi connectivity index (χ1v) is 10.6. The van der Waals surface area contributed by atoms with Gasteiger partial charge in [-0.05, 0) is 29.7 Å². The quantitative estimate of drug-likeness (QED) is 0.219. The van der Waals surface area contributed by atoms with E-state index in [4.69, 9.17) is 19.6 Å². The summed E-state index contributed by atoms with van der Waals surface area (Å²) in [5.74, 6) is 0.196. The first kappa shape index (κ1) is 25.7. The smallest absolute Gasteiger partial charge is 0.242 e. The number of hydrogen-bond acceptors (Lipinski definition) is 6. The molecule has 0 fully saturated rings. The van der Waals surface area contributed by atoms with Crippen LogP contribution in [-0.2, 0) is 27.2 Å². The van der Waals surface area contributed by atoms with Crippen molar-refractivity contribution in [3.05, 3.63) is 59.7 Å². The molecule has 0 aliphatic heterocycles. The molecule has 178 valence electrons. The molecule has 9 heteroatoms. The van der Waals surface area contributed by atoms with E-state index in [0.717, 1.165) is 5.56 Å². The summed E-state index contributed by atoms with van der Waals surface area (Å²) in [6.45, 7) is 0.998. The summed E-state index contributed by atoms with van der Waals surface area (Å²) < 4.78 is 15.5. The molecule has 2 amide bonds. The van der Waals surface area contributed by atoms with Crippen molar-refractivity contribution in [2.24, 2.45) is 0 Å². The van der Waals surface area contributed by atoms with Crippen LogP contribution in [0.3, 0.4) is 0 Å². The molecule has 0 aliphatic rings. The lowest BCUT2D eigenvalue weighted by molar-refractivity contribution is -0.123. The van der Waals surface area contributed by atoms with Crippen molar-refractivity contribution in [1.29, 1.82) is 5.41 Å². The van der Waals surface area contributed by atoms with Crippen molar-refractivity contribution in [1.82, 2.24) is 16.0 Å². The normalized spacial score (nSPS) is 11.2. The van der Waals surface area contributed by atoms with Crippen molar-refractivity contribution in [3.63, 3.8) is 0 Å². The second kappa shape index (κ2) is 13.7. The SMILES string of the molecule is COCCCNC(=O)[C@@H](Cc1ccccc1)NC(=N)NC(=O)Cc1ccc(OC)c(OC)c1. The van der Waals surface area contributed by atoms with Gasteiger partial charge < -0.3 is 24.8 Å². The standard InChI is InChI=1S/C24H32N4O5/c1-31-13-7-12-26-23(30)19(14-17-8-5-4-6-9-17)27-24(25)28-22(29)16-18-10-11-20(32-2)21(15-18)33-3/h4-6,8-11,15,19H,7,12-14,16H2,1-3H3,(H,26,30)(H3,25,27,28,29)/t19-/m1/s1. The summed E-state index contributed by atoms with van der Waals surface area (Å²) >= 11 is 0. The van der Waals surface area contributed by atoms with Crippen LogP contribution < -0.4 is 25.4 Å². The minimum Gasteiger partial charge on any atom is -0.493 e. The van der Waals surface area contributed by atoms with Crippen LogP contribution in [0, 0.1) is 5.41 Å². The van der Waals surface area contributed by atoms with E-state index in [-0.39, 0.29) is 18.3 Å². The van der Waals surface area contributed by atoms with Gasteiger partial charge in [-0.3, -0.25) is 20.3 Å². The Bertz CT molecular complexity index is 920. The van der Waals surface area contributed by atoms with Crippen LogP contribution >= 0.6 is 0 Å². The number of nitrogens with one attached hydrogen (secondary N) is 4. The lowest BCUT2D eigenvalue weighted by Crippen LogP contribution is -2.52. The molecule has 9 nitrogen and oxygen atoms in total. The van der Waals surface area contributed by atoms with E-state index in [9.17, 15) is 9.59 Å². The number of methoxy groups -OCH3 is 3. The predicted molar refractivity (Wildman–Crippen MR) is 126 cm³/mol. The van der Waals surface area contributed by atoms with E-state index in [2.05, 4.69) is 16.0 Å². The fraction of sp³-hybridized carbons (Fsp3) is 0.375. The maximum absolute atomic E-state index is 12.7. The van der Waals surface area contributed by atoms with Crippen molar-refractivity contribution in [2.75, 3.05) is 34.5 Å². The third kappa shape index (κ3) is 8.82. The highest BCUT2D eigenvalue weighted by molar-refractivity contribution is 5.98.